The Morgan fingerprint density at radius 1 is 1.23 bits per heavy atom. The van der Waals surface area contributed by atoms with Crippen molar-refractivity contribution in [1.82, 2.24) is 30.1 Å². The number of rotatable bonds is 5. The summed E-state index contributed by atoms with van der Waals surface area (Å²) in [5.41, 5.74) is 10.9. The number of aromatic amines is 2. The van der Waals surface area contributed by atoms with E-state index in [9.17, 15) is 0 Å². The van der Waals surface area contributed by atoms with Crippen LogP contribution < -0.4 is 11.1 Å². The molecule has 1 saturated carbocycles. The van der Waals surface area contributed by atoms with Gasteiger partial charge >= 0.3 is 0 Å². The molecule has 0 amide bonds. The highest BCUT2D eigenvalue weighted by Crippen LogP contribution is 2.40. The van der Waals surface area contributed by atoms with E-state index < -0.39 is 0 Å². The van der Waals surface area contributed by atoms with E-state index >= 15 is 0 Å². The first-order valence-corrected chi connectivity index (χ1v) is 8.60. The highest BCUT2D eigenvalue weighted by molar-refractivity contribution is 5.82. The molecule has 4 aromatic heterocycles. The van der Waals surface area contributed by atoms with Gasteiger partial charge in [0.05, 0.1) is 23.0 Å². The average molecular weight is 346 g/mol. The number of hydrogen-bond donors (Lipinski definition) is 4. The number of nitrogens with zero attached hydrogens (tertiary/aromatic N) is 4. The smallest absolute Gasteiger partial charge is 0.224 e. The fourth-order valence-corrected chi connectivity index (χ4v) is 3.11. The molecule has 1 aliphatic carbocycles. The van der Waals surface area contributed by atoms with Gasteiger partial charge in [-0.3, -0.25) is 10.1 Å². The Bertz CT molecular complexity index is 1080. The lowest BCUT2D eigenvalue weighted by molar-refractivity contribution is 0.966. The first-order chi connectivity index (χ1) is 12.8. The molecule has 4 heterocycles. The van der Waals surface area contributed by atoms with Crippen LogP contribution in [0.2, 0.25) is 0 Å². The Morgan fingerprint density at radius 3 is 3.00 bits per heavy atom. The molecule has 1 fully saturated rings. The lowest BCUT2D eigenvalue weighted by Gasteiger charge is -2.08. The van der Waals surface area contributed by atoms with Crippen LogP contribution >= 0.6 is 0 Å². The summed E-state index contributed by atoms with van der Waals surface area (Å²) in [5.74, 6) is 1.51. The van der Waals surface area contributed by atoms with Gasteiger partial charge in [0, 0.05) is 42.1 Å². The highest BCUT2D eigenvalue weighted by atomic mass is 15.1. The van der Waals surface area contributed by atoms with E-state index in [-0.39, 0.29) is 0 Å². The van der Waals surface area contributed by atoms with Crippen LogP contribution in [0.25, 0.3) is 22.2 Å². The normalized spacial score (nSPS) is 14.0. The third-order valence-corrected chi connectivity index (χ3v) is 4.70. The molecule has 0 aliphatic heterocycles. The number of nitrogens with two attached hydrogens (primary N) is 1. The molecule has 0 aromatic carbocycles. The molecule has 26 heavy (non-hydrogen) atoms. The van der Waals surface area contributed by atoms with E-state index in [0.717, 1.165) is 33.4 Å². The standard InChI is InChI=1S/C18H18N8/c19-17-13(15-5-14(25-26-15)10-1-2-10)8-23-18(24-17)22-7-11-6-20-9-16-12(11)3-4-21-16/h3-6,8-10,21H,1-2,7H2,(H,25,26)(H3,19,22,23,24). The van der Waals surface area contributed by atoms with E-state index in [1.54, 1.807) is 6.20 Å². The number of anilines is 2. The number of nitrogen functional groups attached to an aromatic ring is 1. The minimum atomic E-state index is 0.411. The van der Waals surface area contributed by atoms with Crippen molar-refractivity contribution in [3.63, 3.8) is 0 Å². The Kier molecular flexibility index (Phi) is 3.34. The molecular formula is C18H18N8. The summed E-state index contributed by atoms with van der Waals surface area (Å²) in [4.78, 5) is 16.2. The van der Waals surface area contributed by atoms with Crippen LogP contribution in [0, 0.1) is 0 Å². The van der Waals surface area contributed by atoms with E-state index in [1.807, 2.05) is 30.7 Å². The summed E-state index contributed by atoms with van der Waals surface area (Å²) >= 11 is 0. The number of fused-ring (bicyclic) bond motifs is 1. The summed E-state index contributed by atoms with van der Waals surface area (Å²) in [6.07, 6.45) is 9.70. The molecule has 8 heteroatoms. The SMILES string of the molecule is Nc1nc(NCc2cncc3[nH]ccc23)ncc1-c1cc(C2CC2)[nH]n1. The Balaban J connectivity index is 1.35. The van der Waals surface area contributed by atoms with Crippen LogP contribution in [-0.2, 0) is 6.54 Å². The lowest BCUT2D eigenvalue weighted by Crippen LogP contribution is -2.06. The lowest BCUT2D eigenvalue weighted by atomic mass is 10.2. The Labute approximate surface area is 149 Å². The van der Waals surface area contributed by atoms with Crippen LogP contribution in [0.15, 0.2) is 36.9 Å². The summed E-state index contributed by atoms with van der Waals surface area (Å²) < 4.78 is 0. The quantitative estimate of drug-likeness (QED) is 0.441. The second-order valence-corrected chi connectivity index (χ2v) is 6.57. The van der Waals surface area contributed by atoms with Gasteiger partial charge in [-0.25, -0.2) is 4.98 Å². The van der Waals surface area contributed by atoms with Gasteiger partial charge in [0.15, 0.2) is 0 Å². The van der Waals surface area contributed by atoms with Crippen LogP contribution in [0.1, 0.15) is 30.0 Å². The van der Waals surface area contributed by atoms with E-state index in [0.29, 0.717) is 24.2 Å². The largest absolute Gasteiger partial charge is 0.383 e. The first-order valence-electron chi connectivity index (χ1n) is 8.60. The maximum absolute atomic E-state index is 6.14. The maximum atomic E-state index is 6.14. The molecule has 0 bridgehead atoms. The third-order valence-electron chi connectivity index (χ3n) is 4.70. The molecule has 130 valence electrons. The molecular weight excluding hydrogens is 328 g/mol. The monoisotopic (exact) mass is 346 g/mol. The Hall–Kier alpha value is -3.42. The van der Waals surface area contributed by atoms with Crippen molar-refractivity contribution in [2.75, 3.05) is 11.1 Å². The molecule has 0 atom stereocenters. The predicted molar refractivity (Wildman–Crippen MR) is 99.4 cm³/mol. The van der Waals surface area contributed by atoms with Gasteiger partial charge in [0.1, 0.15) is 5.82 Å². The second-order valence-electron chi connectivity index (χ2n) is 6.57. The summed E-state index contributed by atoms with van der Waals surface area (Å²) in [5, 5.41) is 11.8. The van der Waals surface area contributed by atoms with Crippen LogP contribution in [-0.4, -0.2) is 30.1 Å². The van der Waals surface area contributed by atoms with E-state index in [2.05, 4.69) is 35.5 Å². The van der Waals surface area contributed by atoms with Crippen molar-refractivity contribution in [3.8, 4) is 11.3 Å². The zero-order chi connectivity index (χ0) is 17.5. The van der Waals surface area contributed by atoms with Gasteiger partial charge in [0.2, 0.25) is 5.95 Å². The van der Waals surface area contributed by atoms with Crippen LogP contribution in [0.3, 0.4) is 0 Å². The van der Waals surface area contributed by atoms with Crippen molar-refractivity contribution in [2.24, 2.45) is 0 Å². The minimum Gasteiger partial charge on any atom is -0.383 e. The molecule has 0 radical (unpaired) electrons. The molecule has 8 nitrogen and oxygen atoms in total. The van der Waals surface area contributed by atoms with Gasteiger partial charge < -0.3 is 16.0 Å². The number of pyridine rings is 1. The molecule has 5 N–H and O–H groups in total. The molecule has 1 aliphatic rings. The zero-order valence-corrected chi connectivity index (χ0v) is 14.0. The van der Waals surface area contributed by atoms with E-state index in [1.165, 1.54) is 12.8 Å². The molecule has 0 spiro atoms. The van der Waals surface area contributed by atoms with Gasteiger partial charge in [-0.2, -0.15) is 10.1 Å². The summed E-state index contributed by atoms with van der Waals surface area (Å²) in [6, 6.07) is 4.07. The minimum absolute atomic E-state index is 0.411. The van der Waals surface area contributed by atoms with Crippen molar-refractivity contribution in [1.29, 1.82) is 0 Å². The van der Waals surface area contributed by atoms with Gasteiger partial charge in [-0.1, -0.05) is 0 Å². The van der Waals surface area contributed by atoms with Crippen molar-refractivity contribution >= 4 is 22.7 Å². The zero-order valence-electron chi connectivity index (χ0n) is 14.0. The molecule has 5 rings (SSSR count). The fraction of sp³-hybridized carbons (Fsp3) is 0.222. The van der Waals surface area contributed by atoms with Crippen molar-refractivity contribution < 1.29 is 0 Å². The first kappa shape index (κ1) is 14.9. The van der Waals surface area contributed by atoms with E-state index in [4.69, 9.17) is 5.73 Å². The third kappa shape index (κ3) is 2.65. The second kappa shape index (κ2) is 5.83. The van der Waals surface area contributed by atoms with Crippen molar-refractivity contribution in [2.45, 2.75) is 25.3 Å². The number of hydrogen-bond acceptors (Lipinski definition) is 6. The molecule has 4 aromatic rings. The van der Waals surface area contributed by atoms with Gasteiger partial charge in [-0.05, 0) is 30.5 Å². The molecule has 0 unspecified atom stereocenters. The molecule has 0 saturated heterocycles. The van der Waals surface area contributed by atoms with Gasteiger partial charge in [0.25, 0.3) is 0 Å². The maximum Gasteiger partial charge on any atom is 0.224 e. The number of aromatic nitrogens is 6. The fourth-order valence-electron chi connectivity index (χ4n) is 3.11. The topological polar surface area (TPSA) is 121 Å². The predicted octanol–water partition coefficient (Wildman–Crippen LogP) is 2.81. The highest BCUT2D eigenvalue weighted by Gasteiger charge is 2.26. The summed E-state index contributed by atoms with van der Waals surface area (Å²) in [7, 11) is 0. The van der Waals surface area contributed by atoms with Gasteiger partial charge in [-0.15, -0.1) is 0 Å². The number of H-pyrrole nitrogens is 2. The van der Waals surface area contributed by atoms with Crippen LogP contribution in [0.5, 0.6) is 0 Å². The Morgan fingerprint density at radius 2 is 2.15 bits per heavy atom. The number of nitrogens with one attached hydrogen (secondary N) is 3. The van der Waals surface area contributed by atoms with Crippen LogP contribution in [0.4, 0.5) is 11.8 Å². The average Bonchev–Trinajstić information content (AvgIpc) is 3.18. The van der Waals surface area contributed by atoms with Crippen molar-refractivity contribution in [3.05, 3.63) is 48.2 Å². The summed E-state index contributed by atoms with van der Waals surface area (Å²) in [6.45, 7) is 0.565.